The number of benzene rings is 1. The molecule has 0 saturated carbocycles. The fourth-order valence-electron chi connectivity index (χ4n) is 2.78. The van der Waals surface area contributed by atoms with Crippen LogP contribution in [-0.2, 0) is 0 Å². The third-order valence-corrected chi connectivity index (χ3v) is 4.32. The number of rotatable bonds is 4. The van der Waals surface area contributed by atoms with Crippen molar-refractivity contribution >= 4 is 23.4 Å². The average Bonchev–Trinajstić information content (AvgIpc) is 2.66. The summed E-state index contributed by atoms with van der Waals surface area (Å²) in [6.45, 7) is 6.97. The van der Waals surface area contributed by atoms with Gasteiger partial charge in [-0.15, -0.1) is 10.2 Å². The molecule has 0 radical (unpaired) electrons. The summed E-state index contributed by atoms with van der Waals surface area (Å²) in [7, 11) is 0. The molecule has 2 aromatic rings. The number of halogens is 1. The molecule has 0 spiro atoms. The van der Waals surface area contributed by atoms with Gasteiger partial charge in [-0.05, 0) is 43.7 Å². The van der Waals surface area contributed by atoms with E-state index in [2.05, 4.69) is 25.7 Å². The molecule has 2 heterocycles. The van der Waals surface area contributed by atoms with Crippen LogP contribution in [0.1, 0.15) is 12.5 Å². The summed E-state index contributed by atoms with van der Waals surface area (Å²) in [5.41, 5.74) is 1.02. The Bertz CT molecular complexity index is 759. The normalized spacial score (nSPS) is 14.3. The molecular weight excluding hydrogens is 335 g/mol. The van der Waals surface area contributed by atoms with Crippen LogP contribution in [0.25, 0.3) is 0 Å². The third kappa shape index (κ3) is 4.19. The number of hydrogen-bond acceptors (Lipinski definition) is 5. The van der Waals surface area contributed by atoms with E-state index < -0.39 is 0 Å². The molecule has 0 bridgehead atoms. The van der Waals surface area contributed by atoms with Gasteiger partial charge in [0.2, 0.25) is 0 Å². The fraction of sp³-hybridized carbons (Fsp3) is 0.389. The number of anilines is 3. The number of nitrogens with zero attached hydrogens (tertiary/aromatic N) is 4. The highest BCUT2D eigenvalue weighted by Gasteiger charge is 2.22. The molecule has 26 heavy (non-hydrogen) atoms. The molecule has 1 aliphatic rings. The van der Waals surface area contributed by atoms with Crippen molar-refractivity contribution in [2.45, 2.75) is 13.8 Å². The van der Waals surface area contributed by atoms with Crippen LogP contribution in [0.5, 0.6) is 0 Å². The van der Waals surface area contributed by atoms with Gasteiger partial charge in [-0.3, -0.25) is 0 Å². The first-order valence-corrected chi connectivity index (χ1v) is 8.71. The lowest BCUT2D eigenvalue weighted by atomic mass is 10.2. The summed E-state index contributed by atoms with van der Waals surface area (Å²) >= 11 is 0. The number of carbonyl (C=O) groups is 1. The van der Waals surface area contributed by atoms with E-state index in [0.717, 1.165) is 18.2 Å². The number of aryl methyl sites for hydroxylation is 1. The van der Waals surface area contributed by atoms with Crippen LogP contribution < -0.4 is 15.5 Å². The first-order chi connectivity index (χ1) is 12.6. The van der Waals surface area contributed by atoms with Crippen LogP contribution in [0.15, 0.2) is 30.3 Å². The van der Waals surface area contributed by atoms with E-state index in [1.807, 2.05) is 19.1 Å². The highest BCUT2D eigenvalue weighted by molar-refractivity contribution is 5.89. The van der Waals surface area contributed by atoms with Crippen molar-refractivity contribution < 1.29 is 9.18 Å². The molecular formula is C18H23FN6O. The molecule has 1 saturated heterocycles. The van der Waals surface area contributed by atoms with Crippen LogP contribution in [-0.4, -0.2) is 53.9 Å². The Morgan fingerprint density at radius 2 is 1.92 bits per heavy atom. The molecule has 2 N–H and O–H groups in total. The summed E-state index contributed by atoms with van der Waals surface area (Å²) in [5, 5.41) is 14.2. The zero-order valence-electron chi connectivity index (χ0n) is 15.0. The van der Waals surface area contributed by atoms with Gasteiger partial charge in [0.15, 0.2) is 5.82 Å². The molecule has 1 aromatic heterocycles. The second kappa shape index (κ2) is 7.99. The first-order valence-electron chi connectivity index (χ1n) is 8.71. The molecule has 0 unspecified atom stereocenters. The molecule has 0 atom stereocenters. The van der Waals surface area contributed by atoms with Gasteiger partial charge >= 0.3 is 6.03 Å². The summed E-state index contributed by atoms with van der Waals surface area (Å²) in [5.74, 6) is 1.22. The summed E-state index contributed by atoms with van der Waals surface area (Å²) in [4.78, 5) is 16.2. The molecule has 2 amide bonds. The van der Waals surface area contributed by atoms with Gasteiger partial charge in [0.05, 0.1) is 0 Å². The van der Waals surface area contributed by atoms with Gasteiger partial charge in [0.1, 0.15) is 11.6 Å². The van der Waals surface area contributed by atoms with Crippen molar-refractivity contribution in [1.29, 1.82) is 0 Å². The maximum absolute atomic E-state index is 13.6. The predicted octanol–water partition coefficient (Wildman–Crippen LogP) is 2.71. The Hall–Kier alpha value is -2.90. The number of aromatic nitrogens is 2. The smallest absolute Gasteiger partial charge is 0.321 e. The van der Waals surface area contributed by atoms with Crippen molar-refractivity contribution in [2.75, 3.05) is 48.3 Å². The minimum atomic E-state index is -0.327. The monoisotopic (exact) mass is 358 g/mol. The number of urea groups is 1. The Kier molecular flexibility index (Phi) is 5.50. The summed E-state index contributed by atoms with van der Waals surface area (Å²) in [6, 6.07) is 8.30. The first kappa shape index (κ1) is 17.9. The molecule has 138 valence electrons. The van der Waals surface area contributed by atoms with Gasteiger partial charge in [-0.2, -0.15) is 0 Å². The van der Waals surface area contributed by atoms with Gasteiger partial charge in [0.25, 0.3) is 0 Å². The number of carbonyl (C=O) groups excluding carboxylic acids is 1. The van der Waals surface area contributed by atoms with E-state index in [-0.39, 0.29) is 11.8 Å². The minimum Gasteiger partial charge on any atom is -0.369 e. The highest BCUT2D eigenvalue weighted by Crippen LogP contribution is 2.17. The second-order valence-corrected chi connectivity index (χ2v) is 6.18. The highest BCUT2D eigenvalue weighted by atomic mass is 19.1. The fourth-order valence-corrected chi connectivity index (χ4v) is 2.78. The lowest BCUT2D eigenvalue weighted by Crippen LogP contribution is -2.50. The van der Waals surface area contributed by atoms with E-state index >= 15 is 0 Å². The van der Waals surface area contributed by atoms with Crippen molar-refractivity contribution in [3.63, 3.8) is 0 Å². The van der Waals surface area contributed by atoms with Crippen LogP contribution in [0, 0.1) is 12.7 Å². The Balaban J connectivity index is 1.54. The van der Waals surface area contributed by atoms with Gasteiger partial charge in [-0.1, -0.05) is 6.07 Å². The van der Waals surface area contributed by atoms with Crippen molar-refractivity contribution in [3.8, 4) is 0 Å². The van der Waals surface area contributed by atoms with E-state index in [1.54, 1.807) is 24.0 Å². The van der Waals surface area contributed by atoms with Gasteiger partial charge in [-0.25, -0.2) is 9.18 Å². The lowest BCUT2D eigenvalue weighted by Gasteiger charge is -2.35. The molecule has 1 aromatic carbocycles. The van der Waals surface area contributed by atoms with E-state index in [4.69, 9.17) is 0 Å². The molecule has 7 nitrogen and oxygen atoms in total. The SMILES string of the molecule is CCNc1ccc(N2CCN(C(=O)Nc3ccc(C)c(F)c3)CC2)nn1. The van der Waals surface area contributed by atoms with Crippen LogP contribution in [0.2, 0.25) is 0 Å². The van der Waals surface area contributed by atoms with Gasteiger partial charge < -0.3 is 20.4 Å². The Labute approximate surface area is 152 Å². The molecule has 1 fully saturated rings. The third-order valence-electron chi connectivity index (χ3n) is 4.32. The van der Waals surface area contributed by atoms with Crippen molar-refractivity contribution in [2.24, 2.45) is 0 Å². The zero-order chi connectivity index (χ0) is 18.5. The molecule has 0 aliphatic carbocycles. The van der Waals surface area contributed by atoms with Crippen molar-refractivity contribution in [3.05, 3.63) is 41.7 Å². The van der Waals surface area contributed by atoms with E-state index in [0.29, 0.717) is 37.4 Å². The molecule has 8 heteroatoms. The maximum Gasteiger partial charge on any atom is 0.321 e. The summed E-state index contributed by atoms with van der Waals surface area (Å²) in [6.07, 6.45) is 0. The topological polar surface area (TPSA) is 73.4 Å². The molecule has 3 rings (SSSR count). The standard InChI is InChI=1S/C18H23FN6O/c1-3-20-16-6-7-17(23-22-16)24-8-10-25(11-9-24)18(26)21-14-5-4-13(2)15(19)12-14/h4-7,12H,3,8-11H2,1-2H3,(H,20,22)(H,21,26). The largest absolute Gasteiger partial charge is 0.369 e. The number of amides is 2. The number of nitrogens with one attached hydrogen (secondary N) is 2. The number of piperazine rings is 1. The number of hydrogen-bond donors (Lipinski definition) is 2. The van der Waals surface area contributed by atoms with E-state index in [9.17, 15) is 9.18 Å². The van der Waals surface area contributed by atoms with Crippen LogP contribution in [0.3, 0.4) is 0 Å². The maximum atomic E-state index is 13.6. The van der Waals surface area contributed by atoms with Crippen LogP contribution >= 0.6 is 0 Å². The Morgan fingerprint density at radius 3 is 2.54 bits per heavy atom. The average molecular weight is 358 g/mol. The quantitative estimate of drug-likeness (QED) is 0.879. The summed E-state index contributed by atoms with van der Waals surface area (Å²) < 4.78 is 13.6. The second-order valence-electron chi connectivity index (χ2n) is 6.18. The van der Waals surface area contributed by atoms with Crippen molar-refractivity contribution in [1.82, 2.24) is 15.1 Å². The zero-order valence-corrected chi connectivity index (χ0v) is 15.0. The minimum absolute atomic E-state index is 0.221. The van der Waals surface area contributed by atoms with Crippen LogP contribution in [0.4, 0.5) is 26.5 Å². The predicted molar refractivity (Wildman–Crippen MR) is 100 cm³/mol. The van der Waals surface area contributed by atoms with Gasteiger partial charge in [0, 0.05) is 38.4 Å². The lowest BCUT2D eigenvalue weighted by molar-refractivity contribution is 0.208. The van der Waals surface area contributed by atoms with E-state index in [1.165, 1.54) is 6.07 Å². The Morgan fingerprint density at radius 1 is 1.15 bits per heavy atom. The molecule has 1 aliphatic heterocycles.